The minimum Gasteiger partial charge on any atom is -0.488 e. The number of nitrogens with two attached hydrogens (primary N) is 1. The van der Waals surface area contributed by atoms with Crippen LogP contribution < -0.4 is 15.7 Å². The van der Waals surface area contributed by atoms with Crippen molar-refractivity contribution in [1.29, 1.82) is 0 Å². The lowest BCUT2D eigenvalue weighted by Crippen LogP contribution is -2.83. The minimum atomic E-state index is -0.292. The Labute approximate surface area is 147 Å². The van der Waals surface area contributed by atoms with Gasteiger partial charge >= 0.3 is 5.63 Å². The maximum atomic E-state index is 11.8. The quantitative estimate of drug-likeness (QED) is 0.532. The highest BCUT2D eigenvalue weighted by Gasteiger charge is 2.08. The summed E-state index contributed by atoms with van der Waals surface area (Å²) in [6.07, 6.45) is 0.923. The molecule has 0 amide bonds. The van der Waals surface area contributed by atoms with E-state index in [-0.39, 0.29) is 5.63 Å². The van der Waals surface area contributed by atoms with Gasteiger partial charge in [0.2, 0.25) is 0 Å². The van der Waals surface area contributed by atoms with Gasteiger partial charge in [-0.3, -0.25) is 0 Å². The zero-order valence-corrected chi connectivity index (χ0v) is 14.7. The Morgan fingerprint density at radius 3 is 2.64 bits per heavy atom. The summed E-state index contributed by atoms with van der Waals surface area (Å²) < 4.78 is 11.1. The highest BCUT2D eigenvalue weighted by atomic mass is 16.5. The van der Waals surface area contributed by atoms with E-state index in [9.17, 15) is 4.79 Å². The Morgan fingerprint density at radius 2 is 1.88 bits per heavy atom. The van der Waals surface area contributed by atoms with Gasteiger partial charge in [0.15, 0.2) is 0 Å². The standard InChI is InChI=1S/C21H23NO3/c1-3-16-6-9-19-17(13-21(23)25-20(19)12-16)14-22-10-11-24-18-7-4-15(2)5-8-18/h4-9,12-13,22H,3,10-11,14H2,1-2H3/p+1. The number of aryl methyl sites for hydroxylation is 2. The van der Waals surface area contributed by atoms with E-state index in [4.69, 9.17) is 9.15 Å². The summed E-state index contributed by atoms with van der Waals surface area (Å²) >= 11 is 0. The van der Waals surface area contributed by atoms with E-state index >= 15 is 0 Å². The summed E-state index contributed by atoms with van der Waals surface area (Å²) in [6.45, 7) is 6.32. The summed E-state index contributed by atoms with van der Waals surface area (Å²) in [6, 6.07) is 15.7. The van der Waals surface area contributed by atoms with Crippen LogP contribution >= 0.6 is 0 Å². The molecule has 0 spiro atoms. The normalized spacial score (nSPS) is 11.0. The van der Waals surface area contributed by atoms with Gasteiger partial charge in [-0.1, -0.05) is 36.8 Å². The third kappa shape index (κ3) is 4.48. The number of rotatable bonds is 7. The van der Waals surface area contributed by atoms with E-state index in [1.54, 1.807) is 6.07 Å². The molecule has 0 aliphatic heterocycles. The monoisotopic (exact) mass is 338 g/mol. The number of hydrogen-bond acceptors (Lipinski definition) is 3. The van der Waals surface area contributed by atoms with Crippen molar-refractivity contribution in [2.24, 2.45) is 0 Å². The van der Waals surface area contributed by atoms with E-state index in [0.717, 1.165) is 36.2 Å². The maximum absolute atomic E-state index is 11.8. The predicted octanol–water partition coefficient (Wildman–Crippen LogP) is 2.81. The van der Waals surface area contributed by atoms with Gasteiger partial charge in [0.05, 0.1) is 0 Å². The lowest BCUT2D eigenvalue weighted by Gasteiger charge is -2.08. The first-order valence-corrected chi connectivity index (χ1v) is 8.72. The van der Waals surface area contributed by atoms with Crippen LogP contribution in [0.1, 0.15) is 23.6 Å². The predicted molar refractivity (Wildman–Crippen MR) is 99.0 cm³/mol. The molecule has 1 heterocycles. The van der Waals surface area contributed by atoms with Crippen LogP contribution in [0.15, 0.2) is 57.7 Å². The Hall–Kier alpha value is -2.59. The molecule has 0 radical (unpaired) electrons. The molecular weight excluding hydrogens is 314 g/mol. The van der Waals surface area contributed by atoms with Crippen LogP contribution in [-0.2, 0) is 13.0 Å². The lowest BCUT2D eigenvalue weighted by atomic mass is 10.1. The summed E-state index contributed by atoms with van der Waals surface area (Å²) in [7, 11) is 0. The molecule has 130 valence electrons. The number of quaternary nitrogens is 1. The molecule has 1 aromatic heterocycles. The second kappa shape index (κ2) is 7.99. The summed E-state index contributed by atoms with van der Waals surface area (Å²) in [4.78, 5) is 11.8. The summed E-state index contributed by atoms with van der Waals surface area (Å²) in [5.74, 6) is 0.886. The molecular formula is C21H24NO3+. The van der Waals surface area contributed by atoms with Crippen molar-refractivity contribution >= 4 is 11.0 Å². The largest absolute Gasteiger partial charge is 0.488 e. The van der Waals surface area contributed by atoms with E-state index in [1.165, 1.54) is 11.1 Å². The van der Waals surface area contributed by atoms with Gasteiger partial charge in [-0.2, -0.15) is 0 Å². The topological polar surface area (TPSA) is 56.0 Å². The molecule has 0 saturated heterocycles. The lowest BCUT2D eigenvalue weighted by molar-refractivity contribution is -0.671. The first-order chi connectivity index (χ1) is 12.2. The zero-order chi connectivity index (χ0) is 17.6. The molecule has 0 saturated carbocycles. The number of ether oxygens (including phenoxy) is 1. The fourth-order valence-electron chi connectivity index (χ4n) is 2.82. The van der Waals surface area contributed by atoms with Crippen molar-refractivity contribution in [3.63, 3.8) is 0 Å². The molecule has 0 atom stereocenters. The average Bonchev–Trinajstić information content (AvgIpc) is 2.62. The molecule has 2 N–H and O–H groups in total. The second-order valence-corrected chi connectivity index (χ2v) is 6.22. The molecule has 0 fully saturated rings. The molecule has 3 aromatic rings. The molecule has 4 heteroatoms. The fraction of sp³-hybridized carbons (Fsp3) is 0.286. The Kier molecular flexibility index (Phi) is 5.51. The molecule has 0 aliphatic carbocycles. The van der Waals surface area contributed by atoms with Crippen LogP contribution in [0.2, 0.25) is 0 Å². The minimum absolute atomic E-state index is 0.292. The van der Waals surface area contributed by atoms with E-state index in [0.29, 0.717) is 12.2 Å². The van der Waals surface area contributed by atoms with Crippen molar-refractivity contribution in [3.05, 3.63) is 75.6 Å². The summed E-state index contributed by atoms with van der Waals surface area (Å²) in [5.41, 5.74) is 3.78. The molecule has 0 unspecified atom stereocenters. The van der Waals surface area contributed by atoms with Crippen molar-refractivity contribution in [2.75, 3.05) is 13.2 Å². The number of benzene rings is 2. The molecule has 0 aliphatic rings. The van der Waals surface area contributed by atoms with Gasteiger partial charge in [-0.15, -0.1) is 0 Å². The molecule has 2 aromatic carbocycles. The van der Waals surface area contributed by atoms with Gasteiger partial charge in [0.1, 0.15) is 31.0 Å². The molecule has 25 heavy (non-hydrogen) atoms. The molecule has 0 bridgehead atoms. The highest BCUT2D eigenvalue weighted by Crippen LogP contribution is 2.18. The smallest absolute Gasteiger partial charge is 0.336 e. The zero-order valence-electron chi connectivity index (χ0n) is 14.7. The first-order valence-electron chi connectivity index (χ1n) is 8.72. The Morgan fingerprint density at radius 1 is 1.08 bits per heavy atom. The van der Waals surface area contributed by atoms with Crippen LogP contribution in [0.3, 0.4) is 0 Å². The summed E-state index contributed by atoms with van der Waals surface area (Å²) in [5, 5.41) is 3.16. The Balaban J connectivity index is 1.59. The van der Waals surface area contributed by atoms with Crippen LogP contribution in [0.5, 0.6) is 5.75 Å². The number of fused-ring (bicyclic) bond motifs is 1. The SMILES string of the molecule is CCc1ccc2c(C[NH2+]CCOc3ccc(C)cc3)cc(=O)oc2c1. The van der Waals surface area contributed by atoms with E-state index < -0.39 is 0 Å². The third-order valence-corrected chi connectivity index (χ3v) is 4.28. The van der Waals surface area contributed by atoms with Crippen LogP contribution in [0, 0.1) is 6.92 Å². The van der Waals surface area contributed by atoms with Crippen molar-refractivity contribution in [2.45, 2.75) is 26.8 Å². The van der Waals surface area contributed by atoms with Crippen LogP contribution in [0.25, 0.3) is 11.0 Å². The molecule has 4 nitrogen and oxygen atoms in total. The number of hydrogen-bond donors (Lipinski definition) is 1. The van der Waals surface area contributed by atoms with Crippen molar-refractivity contribution in [1.82, 2.24) is 0 Å². The Bertz CT molecular complexity index is 897. The maximum Gasteiger partial charge on any atom is 0.336 e. The third-order valence-electron chi connectivity index (χ3n) is 4.28. The van der Waals surface area contributed by atoms with E-state index in [1.807, 2.05) is 36.4 Å². The van der Waals surface area contributed by atoms with Crippen LogP contribution in [0.4, 0.5) is 0 Å². The van der Waals surface area contributed by atoms with Gasteiger partial charge in [0.25, 0.3) is 0 Å². The van der Waals surface area contributed by atoms with Gasteiger partial charge < -0.3 is 14.5 Å². The van der Waals surface area contributed by atoms with Crippen molar-refractivity contribution < 1.29 is 14.5 Å². The van der Waals surface area contributed by atoms with Crippen LogP contribution in [-0.4, -0.2) is 13.2 Å². The molecule has 3 rings (SSSR count). The van der Waals surface area contributed by atoms with Gasteiger partial charge in [-0.25, -0.2) is 4.79 Å². The highest BCUT2D eigenvalue weighted by molar-refractivity contribution is 5.80. The van der Waals surface area contributed by atoms with Crippen molar-refractivity contribution in [3.8, 4) is 5.75 Å². The average molecular weight is 338 g/mol. The first kappa shape index (κ1) is 17.2. The van der Waals surface area contributed by atoms with E-state index in [2.05, 4.69) is 25.2 Å². The van der Waals surface area contributed by atoms with Gasteiger partial charge in [0, 0.05) is 17.0 Å². The fourth-order valence-corrected chi connectivity index (χ4v) is 2.82. The second-order valence-electron chi connectivity index (χ2n) is 6.22. The van der Waals surface area contributed by atoms with Gasteiger partial charge in [-0.05, 0) is 37.1 Å².